The number of hydrogen-bond acceptors (Lipinski definition) is 3. The first-order valence-corrected chi connectivity index (χ1v) is 6.12. The highest BCUT2D eigenvalue weighted by atomic mass is 35.5. The summed E-state index contributed by atoms with van der Waals surface area (Å²) in [5, 5.41) is 1.10. The molecule has 3 aromatic rings. The second-order valence-corrected chi connectivity index (χ2v) is 4.61. The van der Waals surface area contributed by atoms with Crippen molar-refractivity contribution in [2.24, 2.45) is 0 Å². The smallest absolute Gasteiger partial charge is 0.216 e. The van der Waals surface area contributed by atoms with Crippen LogP contribution in [0, 0.1) is 0 Å². The number of benzene rings is 2. The molecule has 3 nitrogen and oxygen atoms in total. The Hall–Kier alpha value is -2.26. The first-order valence-electron chi connectivity index (χ1n) is 5.74. The molecular weight excluding hydrogens is 262 g/mol. The number of nitrogen functional groups attached to an aromatic ring is 1. The van der Waals surface area contributed by atoms with Crippen molar-refractivity contribution in [3.05, 3.63) is 63.8 Å². The Morgan fingerprint density at radius 1 is 1.00 bits per heavy atom. The molecule has 94 valence electrons. The minimum Gasteiger partial charge on any atom is -0.454 e. The lowest BCUT2D eigenvalue weighted by atomic mass is 10.1. The Morgan fingerprint density at radius 3 is 2.42 bits per heavy atom. The maximum absolute atomic E-state index is 12.2. The standard InChI is InChI=1S/C15H10ClNO2/c16-10-7-5-9(6-8-10)15-13(17)14(18)11-3-1-2-4-12(11)19-15/h1-8H,17H2. The minimum absolute atomic E-state index is 0.112. The van der Waals surface area contributed by atoms with Gasteiger partial charge in [0.15, 0.2) is 5.76 Å². The average molecular weight is 272 g/mol. The normalized spacial score (nSPS) is 10.8. The van der Waals surface area contributed by atoms with E-state index < -0.39 is 0 Å². The Morgan fingerprint density at radius 2 is 1.68 bits per heavy atom. The fraction of sp³-hybridized carbons (Fsp3) is 0. The Labute approximate surface area is 114 Å². The monoisotopic (exact) mass is 271 g/mol. The van der Waals surface area contributed by atoms with Crippen LogP contribution in [0.4, 0.5) is 5.69 Å². The lowest BCUT2D eigenvalue weighted by molar-refractivity contribution is 0.621. The van der Waals surface area contributed by atoms with Crippen molar-refractivity contribution < 1.29 is 4.42 Å². The molecule has 0 saturated heterocycles. The molecular formula is C15H10ClNO2. The van der Waals surface area contributed by atoms with E-state index in [-0.39, 0.29) is 11.1 Å². The molecule has 0 aliphatic rings. The van der Waals surface area contributed by atoms with Crippen molar-refractivity contribution in [2.45, 2.75) is 0 Å². The van der Waals surface area contributed by atoms with Crippen LogP contribution in [0.2, 0.25) is 5.02 Å². The number of anilines is 1. The molecule has 0 radical (unpaired) electrons. The van der Waals surface area contributed by atoms with Gasteiger partial charge in [0.05, 0.1) is 5.39 Å². The number of nitrogens with two attached hydrogens (primary N) is 1. The van der Waals surface area contributed by atoms with Crippen LogP contribution in [0.5, 0.6) is 0 Å². The molecule has 0 saturated carbocycles. The van der Waals surface area contributed by atoms with Crippen molar-refractivity contribution in [1.29, 1.82) is 0 Å². The number of halogens is 1. The summed E-state index contributed by atoms with van der Waals surface area (Å²) in [5.74, 6) is 0.375. The van der Waals surface area contributed by atoms with Gasteiger partial charge >= 0.3 is 0 Å². The predicted octanol–water partition coefficient (Wildman–Crippen LogP) is 3.70. The maximum atomic E-state index is 12.2. The number of fused-ring (bicyclic) bond motifs is 1. The zero-order valence-electron chi connectivity index (χ0n) is 9.89. The van der Waals surface area contributed by atoms with Gasteiger partial charge in [-0.15, -0.1) is 0 Å². The van der Waals surface area contributed by atoms with Gasteiger partial charge in [0.1, 0.15) is 11.3 Å². The minimum atomic E-state index is -0.216. The maximum Gasteiger partial charge on any atom is 0.216 e. The lowest BCUT2D eigenvalue weighted by Crippen LogP contribution is -2.09. The molecule has 2 aromatic carbocycles. The first kappa shape index (κ1) is 11.8. The van der Waals surface area contributed by atoms with Gasteiger partial charge in [-0.1, -0.05) is 23.7 Å². The van der Waals surface area contributed by atoms with Crippen molar-refractivity contribution >= 4 is 28.3 Å². The summed E-state index contributed by atoms with van der Waals surface area (Å²) in [6.07, 6.45) is 0. The summed E-state index contributed by atoms with van der Waals surface area (Å²) >= 11 is 5.84. The van der Waals surface area contributed by atoms with Gasteiger partial charge < -0.3 is 10.2 Å². The van der Waals surface area contributed by atoms with Crippen LogP contribution in [-0.2, 0) is 0 Å². The molecule has 0 aliphatic heterocycles. The van der Waals surface area contributed by atoms with Gasteiger partial charge in [0.2, 0.25) is 5.43 Å². The average Bonchev–Trinajstić information content (AvgIpc) is 2.44. The van der Waals surface area contributed by atoms with Gasteiger partial charge in [0, 0.05) is 10.6 Å². The van der Waals surface area contributed by atoms with E-state index in [1.807, 2.05) is 6.07 Å². The molecule has 1 aromatic heterocycles. The van der Waals surface area contributed by atoms with Crippen LogP contribution >= 0.6 is 11.6 Å². The first-order chi connectivity index (χ1) is 9.16. The van der Waals surface area contributed by atoms with Crippen LogP contribution in [0.3, 0.4) is 0 Å². The molecule has 0 atom stereocenters. The Bertz CT molecular complexity index is 806. The number of rotatable bonds is 1. The Kier molecular flexibility index (Phi) is 2.76. The van der Waals surface area contributed by atoms with Gasteiger partial charge in [-0.2, -0.15) is 0 Å². The van der Waals surface area contributed by atoms with E-state index >= 15 is 0 Å². The SMILES string of the molecule is Nc1c(-c2ccc(Cl)cc2)oc2ccccc2c1=O. The third kappa shape index (κ3) is 1.98. The second kappa shape index (κ2) is 4.44. The van der Waals surface area contributed by atoms with Crippen LogP contribution in [0.1, 0.15) is 0 Å². The molecule has 0 aliphatic carbocycles. The summed E-state index contributed by atoms with van der Waals surface area (Å²) in [4.78, 5) is 12.2. The molecule has 1 heterocycles. The predicted molar refractivity (Wildman–Crippen MR) is 77.3 cm³/mol. The second-order valence-electron chi connectivity index (χ2n) is 4.18. The fourth-order valence-corrected chi connectivity index (χ4v) is 2.10. The number of para-hydroxylation sites is 1. The third-order valence-electron chi connectivity index (χ3n) is 2.94. The summed E-state index contributed by atoms with van der Waals surface area (Å²) in [6, 6.07) is 14.0. The van der Waals surface area contributed by atoms with Crippen molar-refractivity contribution in [1.82, 2.24) is 0 Å². The molecule has 3 rings (SSSR count). The van der Waals surface area contributed by atoms with Gasteiger partial charge in [0.25, 0.3) is 0 Å². The van der Waals surface area contributed by atoms with Crippen LogP contribution in [0.25, 0.3) is 22.3 Å². The van der Waals surface area contributed by atoms with Crippen molar-refractivity contribution in [2.75, 3.05) is 5.73 Å². The van der Waals surface area contributed by atoms with E-state index in [0.29, 0.717) is 21.8 Å². The Balaban J connectivity index is 2.33. The lowest BCUT2D eigenvalue weighted by Gasteiger charge is -2.06. The molecule has 0 unspecified atom stereocenters. The zero-order valence-corrected chi connectivity index (χ0v) is 10.6. The van der Waals surface area contributed by atoms with Gasteiger partial charge in [-0.3, -0.25) is 4.79 Å². The van der Waals surface area contributed by atoms with Gasteiger partial charge in [-0.25, -0.2) is 0 Å². The van der Waals surface area contributed by atoms with E-state index in [1.165, 1.54) is 0 Å². The van der Waals surface area contributed by atoms with Crippen molar-refractivity contribution in [3.63, 3.8) is 0 Å². The highest BCUT2D eigenvalue weighted by Crippen LogP contribution is 2.28. The van der Waals surface area contributed by atoms with E-state index in [4.69, 9.17) is 21.8 Å². The third-order valence-corrected chi connectivity index (χ3v) is 3.19. The summed E-state index contributed by atoms with van der Waals surface area (Å²) in [6.45, 7) is 0. The zero-order chi connectivity index (χ0) is 13.4. The summed E-state index contributed by atoms with van der Waals surface area (Å²) in [7, 11) is 0. The summed E-state index contributed by atoms with van der Waals surface area (Å²) in [5.41, 5.74) is 7.02. The highest BCUT2D eigenvalue weighted by molar-refractivity contribution is 6.30. The molecule has 0 fully saturated rings. The summed E-state index contributed by atoms with van der Waals surface area (Å²) < 4.78 is 5.73. The molecule has 19 heavy (non-hydrogen) atoms. The highest BCUT2D eigenvalue weighted by Gasteiger charge is 2.12. The molecule has 0 spiro atoms. The van der Waals surface area contributed by atoms with Crippen LogP contribution < -0.4 is 11.2 Å². The molecule has 4 heteroatoms. The van der Waals surface area contributed by atoms with Crippen molar-refractivity contribution in [3.8, 4) is 11.3 Å². The quantitative estimate of drug-likeness (QED) is 0.734. The van der Waals surface area contributed by atoms with E-state index in [9.17, 15) is 4.79 Å². The van der Waals surface area contributed by atoms with Crippen LogP contribution in [-0.4, -0.2) is 0 Å². The van der Waals surface area contributed by atoms with E-state index in [2.05, 4.69) is 0 Å². The van der Waals surface area contributed by atoms with E-state index in [0.717, 1.165) is 5.56 Å². The largest absolute Gasteiger partial charge is 0.454 e. The fourth-order valence-electron chi connectivity index (χ4n) is 1.97. The molecule has 0 amide bonds. The number of hydrogen-bond donors (Lipinski definition) is 1. The van der Waals surface area contributed by atoms with Gasteiger partial charge in [-0.05, 0) is 36.4 Å². The molecule has 0 bridgehead atoms. The van der Waals surface area contributed by atoms with E-state index in [1.54, 1.807) is 42.5 Å². The topological polar surface area (TPSA) is 56.2 Å². The van der Waals surface area contributed by atoms with Crippen LogP contribution in [0.15, 0.2) is 57.7 Å². The molecule has 2 N–H and O–H groups in total.